The molecule has 0 aliphatic heterocycles. The van der Waals surface area contributed by atoms with Crippen LogP contribution in [0.3, 0.4) is 0 Å². The Hall–Kier alpha value is -2.92. The van der Waals surface area contributed by atoms with E-state index in [0.29, 0.717) is 0 Å². The standard InChI is InChI=1S/C14H11FN4O2/c1-20-14(21-2)11-4-3-10(5-12(11)15)19-13(8-18)9(6-16)7-17/h3-5,14,19H,1-2H3. The molecule has 0 aliphatic rings. The zero-order valence-electron chi connectivity index (χ0n) is 11.3. The van der Waals surface area contributed by atoms with Crippen LogP contribution in [-0.2, 0) is 9.47 Å². The first-order valence-electron chi connectivity index (χ1n) is 5.67. The smallest absolute Gasteiger partial charge is 0.185 e. The van der Waals surface area contributed by atoms with Gasteiger partial charge in [-0.15, -0.1) is 0 Å². The number of methoxy groups -OCH3 is 2. The van der Waals surface area contributed by atoms with E-state index in [1.165, 1.54) is 26.4 Å². The second-order valence-corrected chi connectivity index (χ2v) is 3.75. The van der Waals surface area contributed by atoms with Crippen LogP contribution in [0.2, 0.25) is 0 Å². The van der Waals surface area contributed by atoms with Gasteiger partial charge in [0, 0.05) is 25.5 Å². The molecule has 0 aromatic heterocycles. The topological polar surface area (TPSA) is 102 Å². The highest BCUT2D eigenvalue weighted by Crippen LogP contribution is 2.24. The van der Waals surface area contributed by atoms with Crippen molar-refractivity contribution in [2.24, 2.45) is 0 Å². The number of benzene rings is 1. The van der Waals surface area contributed by atoms with E-state index in [9.17, 15) is 4.39 Å². The Morgan fingerprint density at radius 3 is 2.19 bits per heavy atom. The molecule has 1 aromatic carbocycles. The van der Waals surface area contributed by atoms with E-state index in [4.69, 9.17) is 25.3 Å². The van der Waals surface area contributed by atoms with Crippen LogP contribution >= 0.6 is 0 Å². The Balaban J connectivity index is 3.12. The van der Waals surface area contributed by atoms with E-state index in [2.05, 4.69) is 5.32 Å². The summed E-state index contributed by atoms with van der Waals surface area (Å²) in [5.41, 5.74) is -0.216. The van der Waals surface area contributed by atoms with Crippen LogP contribution in [0, 0.1) is 39.8 Å². The van der Waals surface area contributed by atoms with Gasteiger partial charge in [0.15, 0.2) is 11.9 Å². The Morgan fingerprint density at radius 1 is 1.14 bits per heavy atom. The van der Waals surface area contributed by atoms with Gasteiger partial charge in [0.25, 0.3) is 0 Å². The molecule has 0 amide bonds. The van der Waals surface area contributed by atoms with Gasteiger partial charge in [0.2, 0.25) is 0 Å². The van der Waals surface area contributed by atoms with Crippen LogP contribution in [0.25, 0.3) is 0 Å². The summed E-state index contributed by atoms with van der Waals surface area (Å²) in [4.78, 5) is 0. The fourth-order valence-corrected chi connectivity index (χ4v) is 1.57. The van der Waals surface area contributed by atoms with E-state index >= 15 is 0 Å². The first-order chi connectivity index (χ1) is 10.1. The highest BCUT2D eigenvalue weighted by Gasteiger charge is 2.15. The van der Waals surface area contributed by atoms with Gasteiger partial charge in [-0.2, -0.15) is 15.8 Å². The zero-order chi connectivity index (χ0) is 15.8. The average Bonchev–Trinajstić information content (AvgIpc) is 2.50. The lowest BCUT2D eigenvalue weighted by atomic mass is 10.1. The average molecular weight is 286 g/mol. The van der Waals surface area contributed by atoms with Crippen molar-refractivity contribution in [3.8, 4) is 18.2 Å². The number of ether oxygens (including phenoxy) is 2. The molecule has 1 N–H and O–H groups in total. The minimum absolute atomic E-state index is 0.189. The van der Waals surface area contributed by atoms with E-state index in [0.717, 1.165) is 6.07 Å². The largest absolute Gasteiger partial charge is 0.352 e. The summed E-state index contributed by atoms with van der Waals surface area (Å²) in [6.07, 6.45) is -0.848. The van der Waals surface area contributed by atoms with Gasteiger partial charge in [-0.1, -0.05) is 0 Å². The van der Waals surface area contributed by atoms with Crippen molar-refractivity contribution in [1.29, 1.82) is 15.8 Å². The summed E-state index contributed by atoms with van der Waals surface area (Å²) in [7, 11) is 2.75. The number of nitrogens with zero attached hydrogens (tertiary/aromatic N) is 3. The Bertz CT molecular complexity index is 660. The quantitative estimate of drug-likeness (QED) is 0.658. The van der Waals surface area contributed by atoms with Crippen molar-refractivity contribution in [1.82, 2.24) is 0 Å². The minimum atomic E-state index is -0.848. The molecule has 0 spiro atoms. The van der Waals surface area contributed by atoms with Gasteiger partial charge in [-0.25, -0.2) is 4.39 Å². The molecule has 106 valence electrons. The maximum absolute atomic E-state index is 14.0. The van der Waals surface area contributed by atoms with Gasteiger partial charge < -0.3 is 14.8 Å². The van der Waals surface area contributed by atoms with Crippen LogP contribution in [0.4, 0.5) is 10.1 Å². The molecule has 0 unspecified atom stereocenters. The molecular formula is C14H11FN4O2. The van der Waals surface area contributed by atoms with Crippen molar-refractivity contribution in [3.05, 3.63) is 40.8 Å². The number of anilines is 1. The molecule has 0 atom stereocenters. The van der Waals surface area contributed by atoms with Crippen molar-refractivity contribution in [2.75, 3.05) is 19.5 Å². The van der Waals surface area contributed by atoms with Crippen LogP contribution in [-0.4, -0.2) is 14.2 Å². The second-order valence-electron chi connectivity index (χ2n) is 3.75. The summed E-state index contributed by atoms with van der Waals surface area (Å²) in [5, 5.41) is 28.9. The zero-order valence-corrected chi connectivity index (χ0v) is 11.3. The number of nitriles is 3. The first-order valence-corrected chi connectivity index (χ1v) is 5.67. The van der Waals surface area contributed by atoms with Gasteiger partial charge in [-0.05, 0) is 18.2 Å². The van der Waals surface area contributed by atoms with Crippen LogP contribution in [0.5, 0.6) is 0 Å². The number of allylic oxidation sites excluding steroid dienone is 2. The molecule has 0 bridgehead atoms. The highest BCUT2D eigenvalue weighted by atomic mass is 19.1. The Morgan fingerprint density at radius 2 is 1.76 bits per heavy atom. The second kappa shape index (κ2) is 7.62. The molecule has 7 heteroatoms. The number of nitrogens with one attached hydrogen (secondary N) is 1. The molecule has 1 rings (SSSR count). The Labute approximate surface area is 121 Å². The summed E-state index contributed by atoms with van der Waals surface area (Å²) < 4.78 is 23.9. The molecule has 0 saturated carbocycles. The normalized spacial score (nSPS) is 9.38. The molecule has 6 nitrogen and oxygen atoms in total. The van der Waals surface area contributed by atoms with E-state index in [1.807, 2.05) is 0 Å². The van der Waals surface area contributed by atoms with Crippen LogP contribution in [0.1, 0.15) is 11.9 Å². The number of halogens is 1. The van der Waals surface area contributed by atoms with Gasteiger partial charge in [0.1, 0.15) is 29.7 Å². The molecule has 0 saturated heterocycles. The SMILES string of the molecule is COC(OC)c1ccc(NC(C#N)=C(C#N)C#N)cc1F. The summed E-state index contributed by atoms with van der Waals surface area (Å²) in [5.74, 6) is -0.610. The third-order valence-electron chi connectivity index (χ3n) is 2.54. The molecule has 0 aliphatic carbocycles. The third kappa shape index (κ3) is 3.77. The predicted molar refractivity (Wildman–Crippen MR) is 70.6 cm³/mol. The van der Waals surface area contributed by atoms with Crippen molar-refractivity contribution in [3.63, 3.8) is 0 Å². The van der Waals surface area contributed by atoms with E-state index in [1.54, 1.807) is 18.2 Å². The number of hydrogen-bond acceptors (Lipinski definition) is 6. The fraction of sp³-hybridized carbons (Fsp3) is 0.214. The van der Waals surface area contributed by atoms with E-state index in [-0.39, 0.29) is 22.5 Å². The van der Waals surface area contributed by atoms with Crippen molar-refractivity contribution in [2.45, 2.75) is 6.29 Å². The number of hydrogen-bond donors (Lipinski definition) is 1. The summed E-state index contributed by atoms with van der Waals surface area (Å²) >= 11 is 0. The van der Waals surface area contributed by atoms with Gasteiger partial charge >= 0.3 is 0 Å². The van der Waals surface area contributed by atoms with Gasteiger partial charge in [-0.3, -0.25) is 0 Å². The maximum Gasteiger partial charge on any atom is 0.185 e. The molecule has 21 heavy (non-hydrogen) atoms. The highest BCUT2D eigenvalue weighted by molar-refractivity contribution is 5.58. The lowest BCUT2D eigenvalue weighted by Gasteiger charge is -2.15. The fourth-order valence-electron chi connectivity index (χ4n) is 1.57. The lowest BCUT2D eigenvalue weighted by Crippen LogP contribution is -2.07. The molecular weight excluding hydrogens is 275 g/mol. The third-order valence-corrected chi connectivity index (χ3v) is 2.54. The van der Waals surface area contributed by atoms with Crippen LogP contribution < -0.4 is 5.32 Å². The summed E-state index contributed by atoms with van der Waals surface area (Å²) in [6.45, 7) is 0. The molecule has 0 fully saturated rings. The number of rotatable bonds is 5. The minimum Gasteiger partial charge on any atom is -0.352 e. The van der Waals surface area contributed by atoms with Crippen molar-refractivity contribution < 1.29 is 13.9 Å². The van der Waals surface area contributed by atoms with E-state index < -0.39 is 12.1 Å². The molecule has 0 radical (unpaired) electrons. The molecule has 1 aromatic rings. The van der Waals surface area contributed by atoms with Crippen molar-refractivity contribution >= 4 is 5.69 Å². The van der Waals surface area contributed by atoms with Gasteiger partial charge in [0.05, 0.1) is 0 Å². The monoisotopic (exact) mass is 286 g/mol. The lowest BCUT2D eigenvalue weighted by molar-refractivity contribution is -0.107. The maximum atomic E-state index is 14.0. The first kappa shape index (κ1) is 16.1. The molecule has 0 heterocycles. The summed E-state index contributed by atoms with van der Waals surface area (Å²) in [6, 6.07) is 8.87. The predicted octanol–water partition coefficient (Wildman–Crippen LogP) is 2.35. The Kier molecular flexibility index (Phi) is 5.85. The van der Waals surface area contributed by atoms with Crippen LogP contribution in [0.15, 0.2) is 29.5 Å².